The van der Waals surface area contributed by atoms with E-state index in [0.29, 0.717) is 29.5 Å². The number of hydrogen-bond acceptors (Lipinski definition) is 5. The van der Waals surface area contributed by atoms with Crippen LogP contribution in [0.3, 0.4) is 0 Å². The van der Waals surface area contributed by atoms with Crippen molar-refractivity contribution in [1.82, 2.24) is 10.3 Å². The van der Waals surface area contributed by atoms with E-state index in [9.17, 15) is 9.59 Å². The van der Waals surface area contributed by atoms with Gasteiger partial charge in [-0.1, -0.05) is 17.4 Å². The van der Waals surface area contributed by atoms with Crippen LogP contribution in [-0.2, 0) is 0 Å². The molecule has 1 aliphatic heterocycles. The lowest BCUT2D eigenvalue weighted by Gasteiger charge is -2.14. The number of hydrogen-bond donors (Lipinski definition) is 2. The number of nitrogens with zero attached hydrogens (tertiary/aromatic N) is 2. The van der Waals surface area contributed by atoms with Crippen LogP contribution in [0.4, 0.5) is 15.6 Å². The molecule has 0 saturated carbocycles. The SMILES string of the molecule is COc1cccc2sc(NC(=O)c3ccc(N4CCNC4=O)cc3)nc12. The Kier molecular flexibility index (Phi) is 4.18. The highest BCUT2D eigenvalue weighted by Crippen LogP contribution is 2.32. The van der Waals surface area contributed by atoms with Crippen molar-refractivity contribution in [3.8, 4) is 5.75 Å². The van der Waals surface area contributed by atoms with Crippen molar-refractivity contribution in [3.63, 3.8) is 0 Å². The van der Waals surface area contributed by atoms with E-state index in [1.54, 1.807) is 36.3 Å². The molecule has 1 aliphatic rings. The van der Waals surface area contributed by atoms with E-state index >= 15 is 0 Å². The monoisotopic (exact) mass is 368 g/mol. The molecule has 8 heteroatoms. The highest BCUT2D eigenvalue weighted by Gasteiger charge is 2.21. The molecular weight excluding hydrogens is 352 g/mol. The lowest BCUT2D eigenvalue weighted by atomic mass is 10.2. The van der Waals surface area contributed by atoms with Gasteiger partial charge in [-0.05, 0) is 36.4 Å². The lowest BCUT2D eigenvalue weighted by molar-refractivity contribution is 0.102. The van der Waals surface area contributed by atoms with Crippen LogP contribution in [0.25, 0.3) is 10.2 Å². The maximum absolute atomic E-state index is 12.5. The first-order chi connectivity index (χ1) is 12.7. The minimum Gasteiger partial charge on any atom is -0.494 e. The van der Waals surface area contributed by atoms with Crippen LogP contribution in [0.5, 0.6) is 5.75 Å². The van der Waals surface area contributed by atoms with Crippen LogP contribution in [0, 0.1) is 0 Å². The quantitative estimate of drug-likeness (QED) is 0.741. The first-order valence-corrected chi connectivity index (χ1v) is 8.87. The summed E-state index contributed by atoms with van der Waals surface area (Å²) in [5.41, 5.74) is 1.99. The number of para-hydroxylation sites is 1. The van der Waals surface area contributed by atoms with Crippen LogP contribution in [-0.4, -0.2) is 37.1 Å². The topological polar surface area (TPSA) is 83.6 Å². The van der Waals surface area contributed by atoms with E-state index in [1.165, 1.54) is 11.3 Å². The standard InChI is InChI=1S/C18H16N4O3S/c1-25-13-3-2-4-14-15(13)20-17(26-14)21-16(23)11-5-7-12(8-6-11)22-10-9-19-18(22)24/h2-8H,9-10H2,1H3,(H,19,24)(H,20,21,23). The number of anilines is 2. The number of amides is 3. The van der Waals surface area contributed by atoms with E-state index in [-0.39, 0.29) is 11.9 Å². The molecule has 3 aromatic rings. The molecule has 0 spiro atoms. The Balaban J connectivity index is 1.52. The fraction of sp³-hybridized carbons (Fsp3) is 0.167. The molecule has 0 atom stereocenters. The molecule has 1 saturated heterocycles. The third kappa shape index (κ3) is 2.95. The Morgan fingerprint density at radius 1 is 1.27 bits per heavy atom. The van der Waals surface area contributed by atoms with Gasteiger partial charge in [-0.2, -0.15) is 0 Å². The number of carbonyl (C=O) groups is 2. The van der Waals surface area contributed by atoms with Gasteiger partial charge in [-0.3, -0.25) is 15.0 Å². The smallest absolute Gasteiger partial charge is 0.321 e. The summed E-state index contributed by atoms with van der Waals surface area (Å²) in [7, 11) is 1.59. The number of aromatic nitrogens is 1. The largest absolute Gasteiger partial charge is 0.494 e. The van der Waals surface area contributed by atoms with Gasteiger partial charge in [-0.15, -0.1) is 0 Å². The zero-order valence-electron chi connectivity index (χ0n) is 14.0. The van der Waals surface area contributed by atoms with Gasteiger partial charge in [0, 0.05) is 24.3 Å². The number of benzene rings is 2. The molecular formula is C18H16N4O3S. The number of nitrogens with one attached hydrogen (secondary N) is 2. The molecule has 1 fully saturated rings. The maximum Gasteiger partial charge on any atom is 0.321 e. The molecule has 2 heterocycles. The molecule has 3 amide bonds. The van der Waals surface area contributed by atoms with Crippen molar-refractivity contribution < 1.29 is 14.3 Å². The fourth-order valence-electron chi connectivity index (χ4n) is 2.82. The van der Waals surface area contributed by atoms with Crippen molar-refractivity contribution in [3.05, 3.63) is 48.0 Å². The molecule has 132 valence electrons. The average molecular weight is 368 g/mol. The molecule has 0 bridgehead atoms. The van der Waals surface area contributed by atoms with E-state index in [4.69, 9.17) is 4.74 Å². The predicted molar refractivity (Wildman–Crippen MR) is 101 cm³/mol. The van der Waals surface area contributed by atoms with Crippen LogP contribution >= 0.6 is 11.3 Å². The van der Waals surface area contributed by atoms with E-state index in [2.05, 4.69) is 15.6 Å². The highest BCUT2D eigenvalue weighted by molar-refractivity contribution is 7.22. The second-order valence-electron chi connectivity index (χ2n) is 5.71. The lowest BCUT2D eigenvalue weighted by Crippen LogP contribution is -2.27. The van der Waals surface area contributed by atoms with Crippen molar-refractivity contribution in [2.75, 3.05) is 30.4 Å². The Morgan fingerprint density at radius 3 is 2.77 bits per heavy atom. The van der Waals surface area contributed by atoms with Gasteiger partial charge in [0.05, 0.1) is 11.8 Å². The van der Waals surface area contributed by atoms with Gasteiger partial charge in [-0.25, -0.2) is 9.78 Å². The zero-order valence-corrected chi connectivity index (χ0v) is 14.8. The molecule has 26 heavy (non-hydrogen) atoms. The third-order valence-electron chi connectivity index (χ3n) is 4.12. The second-order valence-corrected chi connectivity index (χ2v) is 6.74. The number of carbonyl (C=O) groups excluding carboxylic acids is 2. The first-order valence-electron chi connectivity index (χ1n) is 8.06. The van der Waals surface area contributed by atoms with Crippen molar-refractivity contribution in [2.24, 2.45) is 0 Å². The number of rotatable bonds is 4. The van der Waals surface area contributed by atoms with Gasteiger partial charge in [0.2, 0.25) is 0 Å². The van der Waals surface area contributed by atoms with Gasteiger partial charge in [0.15, 0.2) is 5.13 Å². The van der Waals surface area contributed by atoms with Gasteiger partial charge >= 0.3 is 6.03 Å². The van der Waals surface area contributed by atoms with Crippen LogP contribution < -0.4 is 20.3 Å². The fourth-order valence-corrected chi connectivity index (χ4v) is 3.70. The minimum atomic E-state index is -0.250. The van der Waals surface area contributed by atoms with Crippen LogP contribution in [0.15, 0.2) is 42.5 Å². The molecule has 0 radical (unpaired) electrons. The molecule has 4 rings (SSSR count). The highest BCUT2D eigenvalue weighted by atomic mass is 32.1. The van der Waals surface area contributed by atoms with Crippen molar-refractivity contribution in [2.45, 2.75) is 0 Å². The number of ether oxygens (including phenoxy) is 1. The predicted octanol–water partition coefficient (Wildman–Crippen LogP) is 3.09. The Bertz CT molecular complexity index is 984. The molecule has 1 aromatic heterocycles. The summed E-state index contributed by atoms with van der Waals surface area (Å²) in [5, 5.41) is 6.08. The third-order valence-corrected chi connectivity index (χ3v) is 5.06. The summed E-state index contributed by atoms with van der Waals surface area (Å²) >= 11 is 1.39. The number of thiazole rings is 1. The van der Waals surface area contributed by atoms with Gasteiger partial charge in [0.25, 0.3) is 5.91 Å². The molecule has 7 nitrogen and oxygen atoms in total. The van der Waals surface area contributed by atoms with Crippen LogP contribution in [0.1, 0.15) is 10.4 Å². The summed E-state index contributed by atoms with van der Waals surface area (Å²) < 4.78 is 6.24. The van der Waals surface area contributed by atoms with Gasteiger partial charge in [0.1, 0.15) is 11.3 Å². The minimum absolute atomic E-state index is 0.120. The number of methoxy groups -OCH3 is 1. The Morgan fingerprint density at radius 2 is 2.08 bits per heavy atom. The molecule has 0 unspecified atom stereocenters. The summed E-state index contributed by atoms with van der Waals surface area (Å²) in [6.07, 6.45) is 0. The first kappa shape index (κ1) is 16.3. The summed E-state index contributed by atoms with van der Waals surface area (Å²) in [6.45, 7) is 1.25. The molecule has 2 N–H and O–H groups in total. The summed E-state index contributed by atoms with van der Waals surface area (Å²) in [4.78, 5) is 30.2. The maximum atomic E-state index is 12.5. The van der Waals surface area contributed by atoms with Gasteiger partial charge < -0.3 is 10.1 Å². The average Bonchev–Trinajstić information content (AvgIpc) is 3.27. The van der Waals surface area contributed by atoms with E-state index in [1.807, 2.05) is 18.2 Å². The van der Waals surface area contributed by atoms with Crippen LogP contribution in [0.2, 0.25) is 0 Å². The Hall–Kier alpha value is -3.13. The summed E-state index contributed by atoms with van der Waals surface area (Å²) in [6, 6.07) is 12.5. The molecule has 0 aliphatic carbocycles. The Labute approximate surface area is 153 Å². The molecule has 2 aromatic carbocycles. The van der Waals surface area contributed by atoms with E-state index < -0.39 is 0 Å². The zero-order chi connectivity index (χ0) is 18.1. The normalized spacial score (nSPS) is 13.7. The second kappa shape index (κ2) is 6.64. The number of urea groups is 1. The van der Waals surface area contributed by atoms with Crippen molar-refractivity contribution >= 4 is 44.3 Å². The van der Waals surface area contributed by atoms with Crippen molar-refractivity contribution in [1.29, 1.82) is 0 Å². The van der Waals surface area contributed by atoms with E-state index in [0.717, 1.165) is 15.9 Å². The number of fused-ring (bicyclic) bond motifs is 1. The summed E-state index contributed by atoms with van der Waals surface area (Å²) in [5.74, 6) is 0.424.